The molecule has 6 heteroatoms. The number of rotatable bonds is 6. The van der Waals surface area contributed by atoms with Crippen molar-refractivity contribution in [3.05, 3.63) is 59.4 Å². The summed E-state index contributed by atoms with van der Waals surface area (Å²) in [5.74, 6) is -0.776. The van der Waals surface area contributed by atoms with Gasteiger partial charge in [-0.15, -0.1) is 11.8 Å². The minimum Gasteiger partial charge on any atom is -0.454 e. The molecule has 25 heavy (non-hydrogen) atoms. The second-order valence-electron chi connectivity index (χ2n) is 5.46. The fourth-order valence-electron chi connectivity index (χ4n) is 2.74. The number of nitrogens with zero attached hydrogens (tertiary/aromatic N) is 1. The molecule has 0 atom stereocenters. The summed E-state index contributed by atoms with van der Waals surface area (Å²) in [7, 11) is 0. The Kier molecular flexibility index (Phi) is 5.19. The van der Waals surface area contributed by atoms with Crippen molar-refractivity contribution < 1.29 is 14.3 Å². The minimum atomic E-state index is -0.542. The summed E-state index contributed by atoms with van der Waals surface area (Å²) >= 11 is 1.36. The molecule has 0 saturated carbocycles. The van der Waals surface area contributed by atoms with Gasteiger partial charge in [0.2, 0.25) is 5.78 Å². The third-order valence-corrected chi connectivity index (χ3v) is 4.71. The molecular weight excluding hydrogens is 336 g/mol. The van der Waals surface area contributed by atoms with E-state index in [1.54, 1.807) is 24.5 Å². The highest BCUT2D eigenvalue weighted by Crippen LogP contribution is 2.23. The lowest BCUT2D eigenvalue weighted by Gasteiger charge is -2.06. The molecule has 128 valence electrons. The Hall–Kier alpha value is -2.60. The van der Waals surface area contributed by atoms with Gasteiger partial charge in [0.15, 0.2) is 6.61 Å². The summed E-state index contributed by atoms with van der Waals surface area (Å²) < 4.78 is 5.21. The van der Waals surface area contributed by atoms with Crippen molar-refractivity contribution in [1.82, 2.24) is 9.97 Å². The molecule has 1 N–H and O–H groups in total. The van der Waals surface area contributed by atoms with Crippen LogP contribution < -0.4 is 0 Å². The van der Waals surface area contributed by atoms with Crippen LogP contribution in [0, 0.1) is 0 Å². The number of aromatic nitrogens is 2. The van der Waals surface area contributed by atoms with Gasteiger partial charge in [0.1, 0.15) is 5.03 Å². The van der Waals surface area contributed by atoms with Crippen molar-refractivity contribution >= 4 is 34.4 Å². The maximum Gasteiger partial charge on any atom is 0.341 e. The second kappa shape index (κ2) is 7.53. The molecule has 2 heterocycles. The lowest BCUT2D eigenvalue weighted by molar-refractivity contribution is 0.0471. The largest absolute Gasteiger partial charge is 0.454 e. The molecule has 1 aromatic carbocycles. The predicted octanol–water partition coefficient (Wildman–Crippen LogP) is 3.89. The van der Waals surface area contributed by atoms with Crippen molar-refractivity contribution in [1.29, 1.82) is 0 Å². The lowest BCUT2D eigenvalue weighted by atomic mass is 10.1. The first-order chi connectivity index (χ1) is 12.2. The first-order valence-electron chi connectivity index (χ1n) is 7.94. The van der Waals surface area contributed by atoms with E-state index in [9.17, 15) is 9.59 Å². The summed E-state index contributed by atoms with van der Waals surface area (Å²) in [6, 6.07) is 9.17. The lowest BCUT2D eigenvalue weighted by Crippen LogP contribution is -2.15. The van der Waals surface area contributed by atoms with Gasteiger partial charge in [0.05, 0.1) is 5.56 Å². The molecule has 3 aromatic rings. The van der Waals surface area contributed by atoms with Crippen LogP contribution in [-0.4, -0.2) is 34.6 Å². The van der Waals surface area contributed by atoms with Crippen molar-refractivity contribution in [2.45, 2.75) is 18.4 Å². The van der Waals surface area contributed by atoms with Crippen molar-refractivity contribution in [2.75, 3.05) is 12.9 Å². The van der Waals surface area contributed by atoms with E-state index in [1.165, 1.54) is 11.8 Å². The van der Waals surface area contributed by atoms with Gasteiger partial charge >= 0.3 is 5.97 Å². The number of carbonyl (C=O) groups excluding carboxylic acids is 2. The molecule has 5 nitrogen and oxygen atoms in total. The van der Waals surface area contributed by atoms with Gasteiger partial charge in [0, 0.05) is 28.9 Å². The Morgan fingerprint density at radius 2 is 2.04 bits per heavy atom. The number of benzene rings is 1. The average molecular weight is 354 g/mol. The number of hydrogen-bond acceptors (Lipinski definition) is 5. The smallest absolute Gasteiger partial charge is 0.341 e. The van der Waals surface area contributed by atoms with Crippen LogP contribution >= 0.6 is 11.8 Å². The number of esters is 1. The van der Waals surface area contributed by atoms with E-state index in [2.05, 4.69) is 16.9 Å². The fourth-order valence-corrected chi connectivity index (χ4v) is 3.28. The topological polar surface area (TPSA) is 72.1 Å². The van der Waals surface area contributed by atoms with Crippen molar-refractivity contribution in [2.24, 2.45) is 0 Å². The molecular formula is C19H18N2O3S. The van der Waals surface area contributed by atoms with Crippen LogP contribution in [0.2, 0.25) is 0 Å². The summed E-state index contributed by atoms with van der Waals surface area (Å²) in [5.41, 5.74) is 3.01. The number of ketones is 1. The van der Waals surface area contributed by atoms with E-state index < -0.39 is 5.97 Å². The fraction of sp³-hybridized carbons (Fsp3) is 0.211. The zero-order valence-electron chi connectivity index (χ0n) is 14.0. The number of Topliss-reactive ketones (excluding diaryl/α,β-unsaturated/α-hetero) is 1. The molecule has 0 aliphatic rings. The number of thioether (sulfide) groups is 1. The first-order valence-corrected chi connectivity index (χ1v) is 9.16. The van der Waals surface area contributed by atoms with E-state index in [0.29, 0.717) is 16.2 Å². The summed E-state index contributed by atoms with van der Waals surface area (Å²) in [5, 5.41) is 1.44. The number of aromatic amines is 1. The monoisotopic (exact) mass is 354 g/mol. The van der Waals surface area contributed by atoms with Gasteiger partial charge < -0.3 is 9.72 Å². The molecule has 0 saturated heterocycles. The van der Waals surface area contributed by atoms with E-state index in [4.69, 9.17) is 4.74 Å². The van der Waals surface area contributed by atoms with Crippen LogP contribution in [0.3, 0.4) is 0 Å². The van der Waals surface area contributed by atoms with Crippen LogP contribution in [-0.2, 0) is 11.2 Å². The highest BCUT2D eigenvalue weighted by molar-refractivity contribution is 7.98. The molecule has 0 aliphatic carbocycles. The van der Waals surface area contributed by atoms with Gasteiger partial charge in [-0.25, -0.2) is 9.78 Å². The third kappa shape index (κ3) is 3.44. The zero-order chi connectivity index (χ0) is 17.8. The molecule has 0 spiro atoms. The highest BCUT2D eigenvalue weighted by Gasteiger charge is 2.18. The molecule has 0 amide bonds. The Morgan fingerprint density at radius 1 is 1.20 bits per heavy atom. The molecule has 0 radical (unpaired) electrons. The summed E-state index contributed by atoms with van der Waals surface area (Å²) in [4.78, 5) is 32.0. The number of carbonyl (C=O) groups is 2. The van der Waals surface area contributed by atoms with E-state index in [0.717, 1.165) is 22.9 Å². The van der Waals surface area contributed by atoms with E-state index in [1.807, 2.05) is 24.5 Å². The van der Waals surface area contributed by atoms with Crippen LogP contribution in [0.5, 0.6) is 0 Å². The molecule has 0 bridgehead atoms. The molecule has 0 unspecified atom stereocenters. The van der Waals surface area contributed by atoms with Gasteiger partial charge in [-0.2, -0.15) is 0 Å². The molecule has 0 aliphatic heterocycles. The van der Waals surface area contributed by atoms with Gasteiger partial charge in [-0.1, -0.05) is 25.1 Å². The number of nitrogens with one attached hydrogen (secondary N) is 1. The van der Waals surface area contributed by atoms with Crippen LogP contribution in [0.4, 0.5) is 0 Å². The zero-order valence-corrected chi connectivity index (χ0v) is 14.9. The van der Waals surface area contributed by atoms with Gasteiger partial charge in [-0.3, -0.25) is 4.79 Å². The van der Waals surface area contributed by atoms with E-state index >= 15 is 0 Å². The first kappa shape index (κ1) is 17.2. The quantitative estimate of drug-likeness (QED) is 0.413. The Morgan fingerprint density at radius 3 is 2.80 bits per heavy atom. The standard InChI is InChI=1S/C19H18N2O3S/c1-3-12-6-4-7-13-15(10-21-17(12)13)16(22)11-24-19(23)14-8-5-9-20-18(14)25-2/h4-10,21H,3,11H2,1-2H3. The van der Waals surface area contributed by atoms with Gasteiger partial charge in [-0.05, 0) is 30.4 Å². The third-order valence-electron chi connectivity index (χ3n) is 4.00. The number of pyridine rings is 1. The number of ether oxygens (including phenoxy) is 1. The van der Waals surface area contributed by atoms with Gasteiger partial charge in [0.25, 0.3) is 0 Å². The van der Waals surface area contributed by atoms with Crippen molar-refractivity contribution in [3.63, 3.8) is 0 Å². The van der Waals surface area contributed by atoms with Crippen LogP contribution in [0.15, 0.2) is 47.8 Å². The van der Waals surface area contributed by atoms with Crippen LogP contribution in [0.1, 0.15) is 33.2 Å². The Labute approximate surface area is 149 Å². The van der Waals surface area contributed by atoms with Crippen molar-refractivity contribution in [3.8, 4) is 0 Å². The average Bonchev–Trinajstić information content (AvgIpc) is 3.10. The predicted molar refractivity (Wildman–Crippen MR) is 98.3 cm³/mol. The highest BCUT2D eigenvalue weighted by atomic mass is 32.2. The number of aryl methyl sites for hydroxylation is 1. The number of para-hydroxylation sites is 1. The van der Waals surface area contributed by atoms with E-state index in [-0.39, 0.29) is 12.4 Å². The second-order valence-corrected chi connectivity index (χ2v) is 6.25. The minimum absolute atomic E-state index is 0.234. The Bertz CT molecular complexity index is 933. The molecule has 3 rings (SSSR count). The number of H-pyrrole nitrogens is 1. The number of fused-ring (bicyclic) bond motifs is 1. The Balaban J connectivity index is 1.76. The maximum atomic E-state index is 12.5. The maximum absolute atomic E-state index is 12.5. The SMILES string of the molecule is CCc1cccc2c(C(=O)COC(=O)c3cccnc3SC)c[nH]c12. The summed E-state index contributed by atoms with van der Waals surface area (Å²) in [6.07, 6.45) is 6.00. The number of hydrogen-bond donors (Lipinski definition) is 1. The summed E-state index contributed by atoms with van der Waals surface area (Å²) in [6.45, 7) is 1.76. The van der Waals surface area contributed by atoms with Crippen LogP contribution in [0.25, 0.3) is 10.9 Å². The molecule has 2 aromatic heterocycles. The molecule has 0 fully saturated rings. The normalized spacial score (nSPS) is 10.8.